The van der Waals surface area contributed by atoms with Crippen LogP contribution in [0.25, 0.3) is 4.91 Å². The molecule has 104 valence electrons. The van der Waals surface area contributed by atoms with Crippen LogP contribution < -0.4 is 4.74 Å². The lowest BCUT2D eigenvalue weighted by atomic mass is 10.2. The van der Waals surface area contributed by atoms with Crippen molar-refractivity contribution >= 4 is 37.6 Å². The zero-order valence-electron chi connectivity index (χ0n) is 10.2. The van der Waals surface area contributed by atoms with Crippen LogP contribution in [0, 0.1) is 0 Å². The van der Waals surface area contributed by atoms with Crippen LogP contribution in [-0.2, 0) is 0 Å². The molecule has 0 aromatic heterocycles. The predicted molar refractivity (Wildman–Crippen MR) is 76.7 cm³/mol. The monoisotopic (exact) mass is 353 g/mol. The maximum Gasteiger partial charge on any atom is 0.573 e. The van der Waals surface area contributed by atoms with E-state index in [2.05, 4.69) is 25.7 Å². The second kappa shape index (κ2) is 7.00. The van der Waals surface area contributed by atoms with Crippen LogP contribution in [0.1, 0.15) is 12.5 Å². The van der Waals surface area contributed by atoms with E-state index in [1.165, 1.54) is 23.9 Å². The van der Waals surface area contributed by atoms with E-state index in [4.69, 9.17) is 0 Å². The van der Waals surface area contributed by atoms with Crippen LogP contribution in [-0.4, -0.2) is 18.5 Å². The Labute approximate surface area is 121 Å². The second-order valence-electron chi connectivity index (χ2n) is 3.39. The highest BCUT2D eigenvalue weighted by molar-refractivity contribution is 9.11. The Hall–Kier alpha value is -0.950. The molecule has 0 N–H and O–H groups in total. The molecule has 0 aliphatic carbocycles. The van der Waals surface area contributed by atoms with Crippen molar-refractivity contribution in [2.24, 2.45) is 4.99 Å². The predicted octanol–water partition coefficient (Wildman–Crippen LogP) is 5.06. The lowest BCUT2D eigenvalue weighted by Crippen LogP contribution is -2.16. The SMILES string of the molecule is CN=C(C)S/C(=C/Br)c1ccc(OC(F)(F)F)cc1. The zero-order valence-corrected chi connectivity index (χ0v) is 12.6. The summed E-state index contributed by atoms with van der Waals surface area (Å²) >= 11 is 4.65. The van der Waals surface area contributed by atoms with E-state index in [9.17, 15) is 13.2 Å². The lowest BCUT2D eigenvalue weighted by molar-refractivity contribution is -0.274. The Bertz CT molecular complexity index is 483. The number of halogens is 4. The van der Waals surface area contributed by atoms with Crippen molar-refractivity contribution in [1.29, 1.82) is 0 Å². The fraction of sp³-hybridized carbons (Fsp3) is 0.250. The number of rotatable bonds is 3. The van der Waals surface area contributed by atoms with Gasteiger partial charge < -0.3 is 4.74 Å². The minimum absolute atomic E-state index is 0.240. The number of ether oxygens (including phenoxy) is 1. The van der Waals surface area contributed by atoms with Crippen LogP contribution >= 0.6 is 27.7 Å². The number of hydrogen-bond acceptors (Lipinski definition) is 3. The van der Waals surface area contributed by atoms with Gasteiger partial charge in [0.05, 0.1) is 5.04 Å². The van der Waals surface area contributed by atoms with E-state index in [1.54, 1.807) is 24.2 Å². The van der Waals surface area contributed by atoms with Crippen molar-refractivity contribution < 1.29 is 17.9 Å². The molecule has 1 aromatic rings. The topological polar surface area (TPSA) is 21.6 Å². The zero-order chi connectivity index (χ0) is 14.5. The normalized spacial score (nSPS) is 13.6. The average Bonchev–Trinajstić information content (AvgIpc) is 2.35. The maximum absolute atomic E-state index is 12.0. The van der Waals surface area contributed by atoms with E-state index in [-0.39, 0.29) is 5.75 Å². The van der Waals surface area contributed by atoms with Gasteiger partial charge in [-0.3, -0.25) is 4.99 Å². The third-order valence-electron chi connectivity index (χ3n) is 2.04. The van der Waals surface area contributed by atoms with E-state index >= 15 is 0 Å². The lowest BCUT2D eigenvalue weighted by Gasteiger charge is -2.10. The summed E-state index contributed by atoms with van der Waals surface area (Å²) < 4.78 is 39.9. The molecule has 1 aromatic carbocycles. The Balaban J connectivity index is 2.85. The molecule has 0 aliphatic rings. The number of hydrogen-bond donors (Lipinski definition) is 0. The molecule has 1 rings (SSSR count). The third-order valence-corrected chi connectivity index (χ3v) is 3.86. The highest BCUT2D eigenvalue weighted by atomic mass is 79.9. The van der Waals surface area contributed by atoms with Gasteiger partial charge >= 0.3 is 6.36 Å². The van der Waals surface area contributed by atoms with Gasteiger partial charge in [-0.05, 0) is 29.6 Å². The highest BCUT2D eigenvalue weighted by Crippen LogP contribution is 2.31. The number of alkyl halides is 3. The molecular weight excluding hydrogens is 343 g/mol. The van der Waals surface area contributed by atoms with Crippen LogP contribution in [0.5, 0.6) is 5.75 Å². The highest BCUT2D eigenvalue weighted by Gasteiger charge is 2.30. The van der Waals surface area contributed by atoms with Crippen molar-refractivity contribution in [1.82, 2.24) is 0 Å². The molecule has 0 bridgehead atoms. The number of benzene rings is 1. The van der Waals surface area contributed by atoms with Crippen molar-refractivity contribution in [3.05, 3.63) is 34.8 Å². The van der Waals surface area contributed by atoms with Crippen molar-refractivity contribution in [3.8, 4) is 5.75 Å². The first-order chi connectivity index (χ1) is 8.85. The summed E-state index contributed by atoms with van der Waals surface area (Å²) in [4.78, 5) is 6.56. The average molecular weight is 354 g/mol. The molecule has 0 fully saturated rings. The molecule has 0 unspecified atom stereocenters. The largest absolute Gasteiger partial charge is 0.573 e. The Kier molecular flexibility index (Phi) is 5.93. The van der Waals surface area contributed by atoms with Gasteiger partial charge in [0.25, 0.3) is 0 Å². The standard InChI is InChI=1S/C12H11BrF3NOS/c1-8(17-2)19-11(7-13)9-3-5-10(6-4-9)18-12(14,15)16/h3-7H,1-2H3/b11-7+,17-8?. The van der Waals surface area contributed by atoms with Crippen molar-refractivity contribution in [2.45, 2.75) is 13.3 Å². The fourth-order valence-electron chi connectivity index (χ4n) is 1.17. The Morgan fingerprint density at radius 3 is 2.32 bits per heavy atom. The molecule has 0 spiro atoms. The van der Waals surface area contributed by atoms with E-state index in [0.717, 1.165) is 15.5 Å². The van der Waals surface area contributed by atoms with Crippen LogP contribution in [0.3, 0.4) is 0 Å². The molecule has 0 radical (unpaired) electrons. The first-order valence-corrected chi connectivity index (χ1v) is 6.86. The summed E-state index contributed by atoms with van der Waals surface area (Å²) in [5, 5.41) is 0.848. The van der Waals surface area contributed by atoms with Crippen molar-refractivity contribution in [3.63, 3.8) is 0 Å². The summed E-state index contributed by atoms with van der Waals surface area (Å²) in [6.45, 7) is 1.85. The molecule has 0 aliphatic heterocycles. The number of aliphatic imine (C=N–C) groups is 1. The van der Waals surface area contributed by atoms with Crippen LogP contribution in [0.15, 0.2) is 34.2 Å². The summed E-state index contributed by atoms with van der Waals surface area (Å²) in [5.41, 5.74) is 0.777. The van der Waals surface area contributed by atoms with Gasteiger partial charge in [0.2, 0.25) is 0 Å². The maximum atomic E-state index is 12.0. The number of thioether (sulfide) groups is 1. The van der Waals surface area contributed by atoms with Gasteiger partial charge in [-0.15, -0.1) is 13.2 Å². The molecular formula is C12H11BrF3NOS. The van der Waals surface area contributed by atoms with Crippen LogP contribution in [0.4, 0.5) is 13.2 Å². The van der Waals surface area contributed by atoms with Crippen molar-refractivity contribution in [2.75, 3.05) is 7.05 Å². The Morgan fingerprint density at radius 2 is 1.89 bits per heavy atom. The van der Waals surface area contributed by atoms with E-state index in [1.807, 2.05) is 6.92 Å². The molecule has 19 heavy (non-hydrogen) atoms. The molecule has 0 atom stereocenters. The minimum atomic E-state index is -4.67. The second-order valence-corrected chi connectivity index (χ2v) is 5.08. The first-order valence-electron chi connectivity index (χ1n) is 5.13. The quantitative estimate of drug-likeness (QED) is 0.559. The first kappa shape index (κ1) is 16.1. The molecule has 0 saturated carbocycles. The van der Waals surface area contributed by atoms with E-state index < -0.39 is 6.36 Å². The van der Waals surface area contributed by atoms with Gasteiger partial charge in [0, 0.05) is 12.0 Å². The summed E-state index contributed by atoms with van der Waals surface area (Å²) in [6, 6.07) is 5.67. The fourth-order valence-corrected chi connectivity index (χ4v) is 2.42. The Morgan fingerprint density at radius 1 is 1.32 bits per heavy atom. The van der Waals surface area contributed by atoms with Gasteiger partial charge in [-0.25, -0.2) is 0 Å². The van der Waals surface area contributed by atoms with Gasteiger partial charge in [0.15, 0.2) is 0 Å². The summed E-state index contributed by atoms with van der Waals surface area (Å²) in [7, 11) is 1.68. The molecule has 7 heteroatoms. The number of nitrogens with zero attached hydrogens (tertiary/aromatic N) is 1. The van der Waals surface area contributed by atoms with Gasteiger partial charge in [-0.1, -0.05) is 39.8 Å². The molecule has 0 amide bonds. The van der Waals surface area contributed by atoms with E-state index in [0.29, 0.717) is 0 Å². The molecule has 0 heterocycles. The minimum Gasteiger partial charge on any atom is -0.406 e. The summed E-state index contributed by atoms with van der Waals surface area (Å²) in [6.07, 6.45) is -4.67. The smallest absolute Gasteiger partial charge is 0.406 e. The molecule has 2 nitrogen and oxygen atoms in total. The third kappa shape index (κ3) is 5.69. The summed E-state index contributed by atoms with van der Waals surface area (Å²) in [5.74, 6) is -0.240. The van der Waals surface area contributed by atoms with Gasteiger partial charge in [0.1, 0.15) is 5.75 Å². The molecule has 0 saturated heterocycles. The van der Waals surface area contributed by atoms with Gasteiger partial charge in [-0.2, -0.15) is 0 Å². The van der Waals surface area contributed by atoms with Crippen LogP contribution in [0.2, 0.25) is 0 Å².